The fourth-order valence-corrected chi connectivity index (χ4v) is 0.666. The van der Waals surface area contributed by atoms with Crippen LogP contribution in [0.1, 0.15) is 19.3 Å². The Balaban J connectivity index is 1.77. The Kier molecular flexibility index (Phi) is 2.60. The number of hydrogen-bond acceptors (Lipinski definition) is 1. The summed E-state index contributed by atoms with van der Waals surface area (Å²) >= 11 is 0. The molecule has 0 heterocycles. The topological polar surface area (TPSA) is 9.23 Å². The fourth-order valence-electron chi connectivity index (χ4n) is 0.666. The van der Waals surface area contributed by atoms with Crippen LogP contribution in [-0.4, -0.2) is 13.2 Å². The van der Waals surface area contributed by atoms with Gasteiger partial charge in [0.2, 0.25) is 0 Å². The zero-order valence-corrected chi connectivity index (χ0v) is 5.60. The van der Waals surface area contributed by atoms with E-state index < -0.39 is 0 Å². The monoisotopic (exact) mass is 124 g/mol. The zero-order valence-electron chi connectivity index (χ0n) is 5.60. The minimum absolute atomic E-state index is 0.743. The summed E-state index contributed by atoms with van der Waals surface area (Å²) in [7, 11) is 0. The average Bonchev–Trinajstić information content (AvgIpc) is 2.63. The summed E-state index contributed by atoms with van der Waals surface area (Å²) in [6.45, 7) is 1.68. The Morgan fingerprint density at radius 1 is 1.56 bits per heavy atom. The van der Waals surface area contributed by atoms with Gasteiger partial charge in [-0.3, -0.25) is 0 Å². The summed E-state index contributed by atoms with van der Waals surface area (Å²) < 4.78 is 5.26. The van der Waals surface area contributed by atoms with Gasteiger partial charge in [0.25, 0.3) is 0 Å². The van der Waals surface area contributed by atoms with Gasteiger partial charge < -0.3 is 4.74 Å². The molecule has 0 saturated heterocycles. The average molecular weight is 124 g/mol. The van der Waals surface area contributed by atoms with Gasteiger partial charge in [-0.15, -0.1) is 12.3 Å². The lowest BCUT2D eigenvalue weighted by atomic mass is 10.4. The molecule has 1 aliphatic rings. The third-order valence-corrected chi connectivity index (χ3v) is 1.44. The van der Waals surface area contributed by atoms with Crippen LogP contribution in [0.15, 0.2) is 0 Å². The van der Waals surface area contributed by atoms with Gasteiger partial charge in [0.15, 0.2) is 0 Å². The van der Waals surface area contributed by atoms with E-state index in [1.165, 1.54) is 12.8 Å². The van der Waals surface area contributed by atoms with Crippen LogP contribution in [0.25, 0.3) is 0 Å². The summed E-state index contributed by atoms with van der Waals surface area (Å²) in [5.41, 5.74) is 0. The highest BCUT2D eigenvalue weighted by Crippen LogP contribution is 2.28. The van der Waals surface area contributed by atoms with Gasteiger partial charge in [0.05, 0.1) is 6.61 Å². The summed E-state index contributed by atoms with van der Waals surface area (Å²) in [4.78, 5) is 0. The van der Waals surface area contributed by atoms with Crippen molar-refractivity contribution < 1.29 is 4.74 Å². The predicted molar refractivity (Wildman–Crippen MR) is 37.0 cm³/mol. The Hall–Kier alpha value is -0.480. The van der Waals surface area contributed by atoms with Gasteiger partial charge in [0.1, 0.15) is 0 Å². The van der Waals surface area contributed by atoms with E-state index in [9.17, 15) is 0 Å². The molecule has 1 rings (SSSR count). The van der Waals surface area contributed by atoms with E-state index in [1.807, 2.05) is 0 Å². The lowest BCUT2D eigenvalue weighted by molar-refractivity contribution is 0.130. The lowest BCUT2D eigenvalue weighted by Crippen LogP contribution is -1.96. The van der Waals surface area contributed by atoms with Crippen LogP contribution < -0.4 is 0 Å². The lowest BCUT2D eigenvalue weighted by Gasteiger charge is -1.96. The molecule has 1 fully saturated rings. The molecule has 0 aromatic heterocycles. The molecule has 0 amide bonds. The first-order valence-electron chi connectivity index (χ1n) is 3.44. The molecule has 0 N–H and O–H groups in total. The Bertz CT molecular complexity index is 108. The van der Waals surface area contributed by atoms with E-state index in [-0.39, 0.29) is 0 Å². The molecule has 1 nitrogen and oxygen atoms in total. The van der Waals surface area contributed by atoms with Crippen molar-refractivity contribution in [1.29, 1.82) is 0 Å². The van der Waals surface area contributed by atoms with Crippen LogP contribution in [-0.2, 0) is 4.74 Å². The van der Waals surface area contributed by atoms with Crippen LogP contribution in [0.2, 0.25) is 0 Å². The quantitative estimate of drug-likeness (QED) is 0.407. The third kappa shape index (κ3) is 3.16. The zero-order chi connectivity index (χ0) is 6.53. The van der Waals surface area contributed by atoms with Crippen molar-refractivity contribution >= 4 is 0 Å². The second-order valence-corrected chi connectivity index (χ2v) is 2.47. The molecular formula is C8H12O. The second kappa shape index (κ2) is 3.53. The molecule has 0 spiro atoms. The van der Waals surface area contributed by atoms with Gasteiger partial charge in [-0.1, -0.05) is 0 Å². The van der Waals surface area contributed by atoms with Gasteiger partial charge >= 0.3 is 0 Å². The number of hydrogen-bond donors (Lipinski definition) is 0. The van der Waals surface area contributed by atoms with Crippen molar-refractivity contribution in [1.82, 2.24) is 0 Å². The van der Waals surface area contributed by atoms with Crippen LogP contribution >= 0.6 is 0 Å². The number of rotatable bonds is 4. The van der Waals surface area contributed by atoms with Gasteiger partial charge in [-0.2, -0.15) is 0 Å². The first kappa shape index (κ1) is 6.64. The number of ether oxygens (including phenoxy) is 1. The fraction of sp³-hybridized carbons (Fsp3) is 0.750. The SMILES string of the molecule is C#CCCOCC1CC1. The van der Waals surface area contributed by atoms with Crippen molar-refractivity contribution in [3.63, 3.8) is 0 Å². The molecule has 1 heteroatoms. The standard InChI is InChI=1S/C8H12O/c1-2-3-6-9-7-8-4-5-8/h1,8H,3-7H2. The second-order valence-electron chi connectivity index (χ2n) is 2.47. The molecule has 0 unspecified atom stereocenters. The van der Waals surface area contributed by atoms with Gasteiger partial charge in [0, 0.05) is 13.0 Å². The predicted octanol–water partition coefficient (Wildman–Crippen LogP) is 1.44. The summed E-state index contributed by atoms with van der Waals surface area (Å²) in [5, 5.41) is 0. The van der Waals surface area contributed by atoms with E-state index in [4.69, 9.17) is 11.2 Å². The van der Waals surface area contributed by atoms with Crippen LogP contribution in [0.3, 0.4) is 0 Å². The third-order valence-electron chi connectivity index (χ3n) is 1.44. The highest BCUT2D eigenvalue weighted by molar-refractivity contribution is 4.83. The molecule has 1 saturated carbocycles. The Morgan fingerprint density at radius 2 is 2.33 bits per heavy atom. The maximum Gasteiger partial charge on any atom is 0.0575 e. The van der Waals surface area contributed by atoms with Crippen molar-refractivity contribution in [2.24, 2.45) is 5.92 Å². The molecule has 0 atom stereocenters. The largest absolute Gasteiger partial charge is 0.380 e. The van der Waals surface area contributed by atoms with E-state index in [0.29, 0.717) is 0 Å². The van der Waals surface area contributed by atoms with E-state index in [1.54, 1.807) is 0 Å². The Labute approximate surface area is 56.4 Å². The summed E-state index contributed by atoms with van der Waals surface area (Å²) in [6, 6.07) is 0. The smallest absolute Gasteiger partial charge is 0.0575 e. The molecule has 0 aliphatic heterocycles. The molecule has 1 aliphatic carbocycles. The van der Waals surface area contributed by atoms with Crippen molar-refractivity contribution in [3.05, 3.63) is 0 Å². The normalized spacial score (nSPS) is 17.2. The van der Waals surface area contributed by atoms with Crippen molar-refractivity contribution in [3.8, 4) is 12.3 Å². The van der Waals surface area contributed by atoms with Gasteiger partial charge in [-0.05, 0) is 18.8 Å². The molecule has 0 radical (unpaired) electrons. The first-order chi connectivity index (χ1) is 4.43. The van der Waals surface area contributed by atoms with E-state index in [2.05, 4.69) is 5.92 Å². The van der Waals surface area contributed by atoms with E-state index >= 15 is 0 Å². The molecule has 0 aromatic carbocycles. The summed E-state index contributed by atoms with van der Waals surface area (Å²) in [6.07, 6.45) is 8.50. The minimum Gasteiger partial charge on any atom is -0.380 e. The van der Waals surface area contributed by atoms with Crippen LogP contribution in [0.5, 0.6) is 0 Å². The number of terminal acetylenes is 1. The van der Waals surface area contributed by atoms with Gasteiger partial charge in [-0.25, -0.2) is 0 Å². The molecular weight excluding hydrogens is 112 g/mol. The summed E-state index contributed by atoms with van der Waals surface area (Å²) in [5.74, 6) is 3.40. The highest BCUT2D eigenvalue weighted by Gasteiger charge is 2.20. The molecule has 9 heavy (non-hydrogen) atoms. The maximum atomic E-state index is 5.26. The van der Waals surface area contributed by atoms with Crippen LogP contribution in [0.4, 0.5) is 0 Å². The molecule has 0 aromatic rings. The first-order valence-corrected chi connectivity index (χ1v) is 3.44. The molecule has 0 bridgehead atoms. The van der Waals surface area contributed by atoms with Crippen LogP contribution in [0, 0.1) is 18.3 Å². The van der Waals surface area contributed by atoms with E-state index in [0.717, 1.165) is 25.6 Å². The Morgan fingerprint density at radius 3 is 2.89 bits per heavy atom. The van der Waals surface area contributed by atoms with Crippen molar-refractivity contribution in [2.75, 3.05) is 13.2 Å². The molecule has 50 valence electrons. The van der Waals surface area contributed by atoms with Crippen molar-refractivity contribution in [2.45, 2.75) is 19.3 Å². The highest BCUT2D eigenvalue weighted by atomic mass is 16.5. The maximum absolute atomic E-state index is 5.26. The minimum atomic E-state index is 0.743.